The Hall–Kier alpha value is -0.130. The van der Waals surface area contributed by atoms with E-state index in [1.54, 1.807) is 0 Å². The van der Waals surface area contributed by atoms with Crippen LogP contribution in [0.5, 0.6) is 0 Å². The number of hydrogen-bond donors (Lipinski definition) is 1. The third-order valence-corrected chi connectivity index (χ3v) is 5.27. The fourth-order valence-electron chi connectivity index (χ4n) is 2.38. The molecule has 17 heavy (non-hydrogen) atoms. The zero-order valence-electron chi connectivity index (χ0n) is 11.1. The molecule has 1 fully saturated rings. The van der Waals surface area contributed by atoms with Crippen LogP contribution in [0.15, 0.2) is 0 Å². The molecular weight excluding hydrogens is 236 g/mol. The molecule has 0 saturated carbocycles. The topological polar surface area (TPSA) is 49.4 Å². The lowest BCUT2D eigenvalue weighted by atomic mass is 9.97. The number of rotatable bonds is 7. The summed E-state index contributed by atoms with van der Waals surface area (Å²) in [5.74, 6) is 1.43. The van der Waals surface area contributed by atoms with E-state index < -0.39 is 9.84 Å². The van der Waals surface area contributed by atoms with Crippen molar-refractivity contribution in [2.75, 3.05) is 44.7 Å². The minimum absolute atomic E-state index is 0.331. The first-order valence-electron chi connectivity index (χ1n) is 6.64. The molecule has 1 saturated heterocycles. The summed E-state index contributed by atoms with van der Waals surface area (Å²) in [6.07, 6.45) is 3.11. The Labute approximate surface area is 106 Å². The van der Waals surface area contributed by atoms with Crippen LogP contribution in [0.25, 0.3) is 0 Å². The standard InChI is InChI=1S/C12H26N2O2S/c1-3-9-17(15,16)10-8-14-6-4-12(5-7-14)11-13-2/h12-13H,3-11H2,1-2H3. The van der Waals surface area contributed by atoms with Gasteiger partial charge in [-0.1, -0.05) is 6.92 Å². The van der Waals surface area contributed by atoms with Gasteiger partial charge in [-0.15, -0.1) is 0 Å². The van der Waals surface area contributed by atoms with Crippen molar-refractivity contribution in [1.82, 2.24) is 10.2 Å². The Balaban J connectivity index is 2.22. The van der Waals surface area contributed by atoms with Gasteiger partial charge >= 0.3 is 0 Å². The van der Waals surface area contributed by atoms with E-state index in [4.69, 9.17) is 0 Å². The highest BCUT2D eigenvalue weighted by atomic mass is 32.2. The summed E-state index contributed by atoms with van der Waals surface area (Å²) in [7, 11) is -0.819. The number of nitrogens with one attached hydrogen (secondary N) is 1. The number of nitrogens with zero attached hydrogens (tertiary/aromatic N) is 1. The van der Waals surface area contributed by atoms with Gasteiger partial charge in [-0.2, -0.15) is 0 Å². The molecule has 1 rings (SSSR count). The normalized spacial score (nSPS) is 19.6. The van der Waals surface area contributed by atoms with E-state index in [2.05, 4.69) is 10.2 Å². The molecule has 0 aliphatic carbocycles. The van der Waals surface area contributed by atoms with Crippen LogP contribution in [0.2, 0.25) is 0 Å². The minimum Gasteiger partial charge on any atom is -0.319 e. The van der Waals surface area contributed by atoms with Gasteiger partial charge in [0.05, 0.1) is 5.75 Å². The molecule has 0 spiro atoms. The van der Waals surface area contributed by atoms with Gasteiger partial charge in [-0.3, -0.25) is 0 Å². The monoisotopic (exact) mass is 262 g/mol. The van der Waals surface area contributed by atoms with Crippen molar-refractivity contribution in [2.45, 2.75) is 26.2 Å². The highest BCUT2D eigenvalue weighted by Gasteiger charge is 2.20. The van der Waals surface area contributed by atoms with Gasteiger partial charge in [0.2, 0.25) is 0 Å². The number of hydrogen-bond acceptors (Lipinski definition) is 4. The lowest BCUT2D eigenvalue weighted by Crippen LogP contribution is -2.39. The average Bonchev–Trinajstić information content (AvgIpc) is 2.29. The quantitative estimate of drug-likeness (QED) is 0.735. The maximum Gasteiger partial charge on any atom is 0.151 e. The summed E-state index contributed by atoms with van der Waals surface area (Å²) in [4.78, 5) is 2.29. The molecule has 1 aliphatic rings. The highest BCUT2D eigenvalue weighted by Crippen LogP contribution is 2.16. The van der Waals surface area contributed by atoms with Crippen LogP contribution in [-0.2, 0) is 9.84 Å². The predicted molar refractivity (Wildman–Crippen MR) is 72.0 cm³/mol. The Bertz CT molecular complexity index is 296. The van der Waals surface area contributed by atoms with Crippen LogP contribution < -0.4 is 5.32 Å². The van der Waals surface area contributed by atoms with E-state index in [1.165, 1.54) is 12.8 Å². The van der Waals surface area contributed by atoms with Crippen LogP contribution in [0.4, 0.5) is 0 Å². The van der Waals surface area contributed by atoms with E-state index in [-0.39, 0.29) is 0 Å². The van der Waals surface area contributed by atoms with E-state index >= 15 is 0 Å². The number of likely N-dealkylation sites (tertiary alicyclic amines) is 1. The second kappa shape index (κ2) is 7.34. The summed E-state index contributed by atoms with van der Waals surface area (Å²) in [5, 5.41) is 3.21. The summed E-state index contributed by atoms with van der Waals surface area (Å²) < 4.78 is 23.2. The van der Waals surface area contributed by atoms with Crippen LogP contribution in [0, 0.1) is 5.92 Å². The molecule has 0 aromatic rings. The van der Waals surface area contributed by atoms with Crippen molar-refractivity contribution in [2.24, 2.45) is 5.92 Å². The molecule has 0 radical (unpaired) electrons. The van der Waals surface area contributed by atoms with Crippen LogP contribution >= 0.6 is 0 Å². The summed E-state index contributed by atoms with van der Waals surface area (Å²) in [5.41, 5.74) is 0. The molecule has 4 nitrogen and oxygen atoms in total. The Morgan fingerprint density at radius 2 is 1.88 bits per heavy atom. The van der Waals surface area contributed by atoms with Gasteiger partial charge < -0.3 is 10.2 Å². The second-order valence-corrected chi connectivity index (χ2v) is 7.30. The molecule has 0 aromatic heterocycles. The van der Waals surface area contributed by atoms with Crippen molar-refractivity contribution in [3.05, 3.63) is 0 Å². The molecule has 0 bridgehead atoms. The first-order chi connectivity index (χ1) is 8.07. The van der Waals surface area contributed by atoms with Crippen LogP contribution in [0.1, 0.15) is 26.2 Å². The zero-order valence-corrected chi connectivity index (χ0v) is 11.9. The molecule has 1 heterocycles. The smallest absolute Gasteiger partial charge is 0.151 e. The largest absolute Gasteiger partial charge is 0.319 e. The lowest BCUT2D eigenvalue weighted by molar-refractivity contribution is 0.192. The molecule has 0 amide bonds. The maximum atomic E-state index is 11.6. The van der Waals surface area contributed by atoms with E-state index in [1.807, 2.05) is 14.0 Å². The van der Waals surface area contributed by atoms with E-state index in [0.29, 0.717) is 18.1 Å². The van der Waals surface area contributed by atoms with Crippen molar-refractivity contribution < 1.29 is 8.42 Å². The first-order valence-corrected chi connectivity index (χ1v) is 8.47. The highest BCUT2D eigenvalue weighted by molar-refractivity contribution is 7.91. The average molecular weight is 262 g/mol. The minimum atomic E-state index is -2.81. The van der Waals surface area contributed by atoms with Crippen molar-refractivity contribution >= 4 is 9.84 Å². The maximum absolute atomic E-state index is 11.6. The van der Waals surface area contributed by atoms with Crippen molar-refractivity contribution in [1.29, 1.82) is 0 Å². The fourth-order valence-corrected chi connectivity index (χ4v) is 3.75. The number of piperidine rings is 1. The Morgan fingerprint density at radius 1 is 1.24 bits per heavy atom. The van der Waals surface area contributed by atoms with Gasteiger partial charge in [0.1, 0.15) is 0 Å². The van der Waals surface area contributed by atoms with Gasteiger partial charge in [0.15, 0.2) is 9.84 Å². The summed E-state index contributed by atoms with van der Waals surface area (Å²) in [6.45, 7) is 5.82. The first kappa shape index (κ1) is 14.9. The van der Waals surface area contributed by atoms with Crippen molar-refractivity contribution in [3.63, 3.8) is 0 Å². The van der Waals surface area contributed by atoms with Crippen molar-refractivity contribution in [3.8, 4) is 0 Å². The lowest BCUT2D eigenvalue weighted by Gasteiger charge is -2.31. The zero-order chi connectivity index (χ0) is 12.7. The molecule has 0 aromatic carbocycles. The summed E-state index contributed by atoms with van der Waals surface area (Å²) >= 11 is 0. The molecular formula is C12H26N2O2S. The van der Waals surface area contributed by atoms with Gasteiger partial charge in [-0.05, 0) is 51.9 Å². The molecule has 5 heteroatoms. The number of sulfone groups is 1. The Morgan fingerprint density at radius 3 is 2.41 bits per heavy atom. The SMILES string of the molecule is CCCS(=O)(=O)CCN1CCC(CNC)CC1. The molecule has 0 atom stereocenters. The second-order valence-electron chi connectivity index (χ2n) is 4.99. The fraction of sp³-hybridized carbons (Fsp3) is 1.00. The molecule has 102 valence electrons. The van der Waals surface area contributed by atoms with Gasteiger partial charge in [0, 0.05) is 12.3 Å². The predicted octanol–water partition coefficient (Wildman–Crippen LogP) is 0.743. The van der Waals surface area contributed by atoms with Gasteiger partial charge in [0.25, 0.3) is 0 Å². The molecule has 0 unspecified atom stereocenters. The van der Waals surface area contributed by atoms with E-state index in [0.717, 1.165) is 32.0 Å². The van der Waals surface area contributed by atoms with E-state index in [9.17, 15) is 8.42 Å². The third kappa shape index (κ3) is 5.84. The van der Waals surface area contributed by atoms with Crippen LogP contribution in [0.3, 0.4) is 0 Å². The Kier molecular flexibility index (Phi) is 6.44. The molecule has 1 N–H and O–H groups in total. The summed E-state index contributed by atoms with van der Waals surface area (Å²) in [6, 6.07) is 0. The third-order valence-electron chi connectivity index (χ3n) is 3.43. The van der Waals surface area contributed by atoms with Gasteiger partial charge in [-0.25, -0.2) is 8.42 Å². The molecule has 1 aliphatic heterocycles. The van der Waals surface area contributed by atoms with Crippen LogP contribution in [-0.4, -0.2) is 58.1 Å².